The van der Waals surface area contributed by atoms with Crippen LogP contribution in [0, 0.1) is 17.0 Å². The van der Waals surface area contributed by atoms with Gasteiger partial charge in [0.15, 0.2) is 0 Å². The van der Waals surface area contributed by atoms with Crippen molar-refractivity contribution < 1.29 is 22.9 Å². The molecule has 0 saturated carbocycles. The highest BCUT2D eigenvalue weighted by atomic mass is 35.5. The largest absolute Gasteiger partial charge is 0.489 e. The van der Waals surface area contributed by atoms with E-state index in [2.05, 4.69) is 10.5 Å². The van der Waals surface area contributed by atoms with Crippen molar-refractivity contribution in [1.29, 1.82) is 0 Å². The molecule has 0 aromatic heterocycles. The monoisotopic (exact) mass is 592 g/mol. The number of rotatable bonds is 11. The second kappa shape index (κ2) is 13.1. The molecule has 0 heterocycles. The number of non-ortho nitro benzene ring substituents is 1. The SMILES string of the molecule is Cc1ccc(Cl)cc1N(CC(=O)NN=Cc1ccc(OCc2ccc([N+](=O)[O-])cc2)cc1)S(=O)(=O)c1ccccc1. The van der Waals surface area contributed by atoms with Crippen LogP contribution in [0.1, 0.15) is 16.7 Å². The number of hydrogen-bond acceptors (Lipinski definition) is 7. The van der Waals surface area contributed by atoms with Crippen LogP contribution < -0.4 is 14.5 Å². The molecule has 0 aliphatic carbocycles. The number of nitrogens with zero attached hydrogens (tertiary/aromatic N) is 3. The highest BCUT2D eigenvalue weighted by molar-refractivity contribution is 7.92. The summed E-state index contributed by atoms with van der Waals surface area (Å²) >= 11 is 6.15. The van der Waals surface area contributed by atoms with Crippen molar-refractivity contribution in [3.8, 4) is 5.75 Å². The molecule has 41 heavy (non-hydrogen) atoms. The lowest BCUT2D eigenvalue weighted by atomic mass is 10.2. The topological polar surface area (TPSA) is 131 Å². The zero-order valence-electron chi connectivity index (χ0n) is 21.8. The summed E-state index contributed by atoms with van der Waals surface area (Å²) in [5.41, 5.74) is 4.73. The number of nitro groups is 1. The van der Waals surface area contributed by atoms with Crippen LogP contribution in [0.3, 0.4) is 0 Å². The molecule has 4 rings (SSSR count). The van der Waals surface area contributed by atoms with Crippen molar-refractivity contribution in [2.75, 3.05) is 10.8 Å². The zero-order chi connectivity index (χ0) is 29.4. The van der Waals surface area contributed by atoms with E-state index in [-0.39, 0.29) is 22.9 Å². The molecule has 210 valence electrons. The molecule has 0 aliphatic heterocycles. The van der Waals surface area contributed by atoms with Gasteiger partial charge >= 0.3 is 0 Å². The molecule has 1 N–H and O–H groups in total. The van der Waals surface area contributed by atoms with Crippen LogP contribution in [0.4, 0.5) is 11.4 Å². The molecule has 0 saturated heterocycles. The lowest BCUT2D eigenvalue weighted by molar-refractivity contribution is -0.384. The Balaban J connectivity index is 1.39. The number of nitrogens with one attached hydrogen (secondary N) is 1. The number of ether oxygens (including phenoxy) is 1. The molecule has 0 unspecified atom stereocenters. The van der Waals surface area contributed by atoms with E-state index in [1.54, 1.807) is 73.7 Å². The van der Waals surface area contributed by atoms with Gasteiger partial charge in [-0.25, -0.2) is 13.8 Å². The lowest BCUT2D eigenvalue weighted by Gasteiger charge is -2.25. The fourth-order valence-electron chi connectivity index (χ4n) is 3.75. The molecule has 0 radical (unpaired) electrons. The summed E-state index contributed by atoms with van der Waals surface area (Å²) in [6.45, 7) is 1.44. The Morgan fingerprint density at radius 2 is 1.71 bits per heavy atom. The average molecular weight is 593 g/mol. The smallest absolute Gasteiger partial charge is 0.269 e. The van der Waals surface area contributed by atoms with Crippen molar-refractivity contribution in [2.45, 2.75) is 18.4 Å². The van der Waals surface area contributed by atoms with Gasteiger partial charge in [-0.15, -0.1) is 0 Å². The van der Waals surface area contributed by atoms with Crippen LogP contribution in [-0.2, 0) is 21.4 Å². The predicted molar refractivity (Wildman–Crippen MR) is 157 cm³/mol. The number of carbonyl (C=O) groups is 1. The quantitative estimate of drug-likeness (QED) is 0.139. The number of sulfonamides is 1. The fourth-order valence-corrected chi connectivity index (χ4v) is 5.41. The molecule has 0 fully saturated rings. The van der Waals surface area contributed by atoms with Crippen LogP contribution in [0.5, 0.6) is 5.75 Å². The zero-order valence-corrected chi connectivity index (χ0v) is 23.4. The summed E-state index contributed by atoms with van der Waals surface area (Å²) in [7, 11) is -4.08. The number of hydrogen-bond donors (Lipinski definition) is 1. The van der Waals surface area contributed by atoms with E-state index < -0.39 is 27.4 Å². The first-order valence-corrected chi connectivity index (χ1v) is 14.1. The summed E-state index contributed by atoms with van der Waals surface area (Å²) < 4.78 is 33.7. The number of halogens is 1. The van der Waals surface area contributed by atoms with Gasteiger partial charge in [-0.1, -0.05) is 35.9 Å². The molecule has 4 aromatic rings. The molecule has 0 spiro atoms. The molecule has 1 amide bonds. The third kappa shape index (κ3) is 7.68. The van der Waals surface area contributed by atoms with Crippen LogP contribution in [0.15, 0.2) is 107 Å². The standard InChI is InChI=1S/C29H25ClN4O6S/c1-21-7-12-24(30)17-28(21)33(41(38,39)27-5-3-2-4-6-27)19-29(35)32-31-18-22-10-15-26(16-11-22)40-20-23-8-13-25(14-9-23)34(36)37/h2-18H,19-20H2,1H3,(H,32,35). The highest BCUT2D eigenvalue weighted by Crippen LogP contribution is 2.29. The second-order valence-electron chi connectivity index (χ2n) is 8.83. The van der Waals surface area contributed by atoms with Crippen molar-refractivity contribution in [2.24, 2.45) is 5.10 Å². The minimum Gasteiger partial charge on any atom is -0.489 e. The van der Waals surface area contributed by atoms with Crippen molar-refractivity contribution in [1.82, 2.24) is 5.43 Å². The summed E-state index contributed by atoms with van der Waals surface area (Å²) in [6, 6.07) is 25.6. The van der Waals surface area contributed by atoms with Gasteiger partial charge < -0.3 is 4.74 Å². The Hall–Kier alpha value is -4.74. The molecular weight excluding hydrogens is 568 g/mol. The minimum atomic E-state index is -4.08. The van der Waals surface area contributed by atoms with Crippen LogP contribution in [0.2, 0.25) is 5.02 Å². The van der Waals surface area contributed by atoms with Crippen LogP contribution in [0.25, 0.3) is 0 Å². The van der Waals surface area contributed by atoms with Crippen molar-refractivity contribution in [3.05, 3.63) is 129 Å². The summed E-state index contributed by atoms with van der Waals surface area (Å²) in [4.78, 5) is 23.1. The summed E-state index contributed by atoms with van der Waals surface area (Å²) in [5, 5.41) is 15.1. The second-order valence-corrected chi connectivity index (χ2v) is 11.1. The molecule has 12 heteroatoms. The molecule has 4 aromatic carbocycles. The minimum absolute atomic E-state index is 0.00888. The number of hydrazone groups is 1. The Labute approximate surface area is 242 Å². The van der Waals surface area contributed by atoms with E-state index in [0.29, 0.717) is 21.9 Å². The molecular formula is C29H25ClN4O6S. The van der Waals surface area contributed by atoms with Gasteiger partial charge in [0.05, 0.1) is 21.7 Å². The maximum absolute atomic E-state index is 13.5. The summed E-state index contributed by atoms with van der Waals surface area (Å²) in [6.07, 6.45) is 1.42. The van der Waals surface area contributed by atoms with Crippen LogP contribution >= 0.6 is 11.6 Å². The maximum Gasteiger partial charge on any atom is 0.269 e. The van der Waals surface area contributed by atoms with Gasteiger partial charge in [-0.05, 0) is 84.3 Å². The Kier molecular flexibility index (Phi) is 9.33. The molecule has 10 nitrogen and oxygen atoms in total. The fraction of sp³-hybridized carbons (Fsp3) is 0.103. The highest BCUT2D eigenvalue weighted by Gasteiger charge is 2.28. The van der Waals surface area contributed by atoms with Crippen LogP contribution in [-0.4, -0.2) is 32.0 Å². The van der Waals surface area contributed by atoms with Gasteiger partial charge in [0, 0.05) is 17.2 Å². The van der Waals surface area contributed by atoms with Gasteiger partial charge in [-0.2, -0.15) is 5.10 Å². The third-order valence-electron chi connectivity index (χ3n) is 5.89. The maximum atomic E-state index is 13.5. The first-order valence-electron chi connectivity index (χ1n) is 12.3. The molecule has 0 atom stereocenters. The predicted octanol–water partition coefficient (Wildman–Crippen LogP) is 5.48. The number of carbonyl (C=O) groups excluding carboxylic acids is 1. The third-order valence-corrected chi connectivity index (χ3v) is 7.90. The first-order chi connectivity index (χ1) is 19.6. The van der Waals surface area contributed by atoms with Gasteiger partial charge in [0.25, 0.3) is 21.6 Å². The normalized spacial score (nSPS) is 11.3. The Morgan fingerprint density at radius 1 is 1.02 bits per heavy atom. The van der Waals surface area contributed by atoms with E-state index >= 15 is 0 Å². The Bertz CT molecular complexity index is 1660. The number of amides is 1. The number of benzene rings is 4. The van der Waals surface area contributed by atoms with E-state index in [1.807, 2.05) is 0 Å². The number of nitro benzene ring substituents is 1. The van der Waals surface area contributed by atoms with Gasteiger partial charge in [0.1, 0.15) is 18.9 Å². The van der Waals surface area contributed by atoms with Crippen molar-refractivity contribution in [3.63, 3.8) is 0 Å². The van der Waals surface area contributed by atoms with E-state index in [0.717, 1.165) is 9.87 Å². The lowest BCUT2D eigenvalue weighted by Crippen LogP contribution is -2.40. The van der Waals surface area contributed by atoms with Crippen molar-refractivity contribution >= 4 is 45.1 Å². The van der Waals surface area contributed by atoms with Gasteiger partial charge in [0.2, 0.25) is 0 Å². The first kappa shape index (κ1) is 29.2. The number of anilines is 1. The van der Waals surface area contributed by atoms with E-state index in [4.69, 9.17) is 16.3 Å². The molecule has 0 bridgehead atoms. The van der Waals surface area contributed by atoms with E-state index in [9.17, 15) is 23.3 Å². The van der Waals surface area contributed by atoms with E-state index in [1.165, 1.54) is 36.5 Å². The molecule has 0 aliphatic rings. The summed E-state index contributed by atoms with van der Waals surface area (Å²) in [5.74, 6) is -0.0774. The van der Waals surface area contributed by atoms with Gasteiger partial charge in [-0.3, -0.25) is 19.2 Å². The number of aryl methyl sites for hydroxylation is 1. The average Bonchev–Trinajstić information content (AvgIpc) is 2.97. The Morgan fingerprint density at radius 3 is 2.37 bits per heavy atom.